The van der Waals surface area contributed by atoms with Crippen LogP contribution in [0, 0.1) is 5.92 Å². The molecule has 3 N–H and O–H groups in total. The van der Waals surface area contributed by atoms with Crippen LogP contribution in [-0.4, -0.2) is 44.1 Å². The molecule has 14 heavy (non-hydrogen) atoms. The van der Waals surface area contributed by atoms with E-state index in [1.807, 2.05) is 13.8 Å². The largest absolute Gasteiger partial charge is 0.412 e. The fraction of sp³-hybridized carbons (Fsp3) is 1.00. The zero-order valence-corrected chi connectivity index (χ0v) is 10.9. The Morgan fingerprint density at radius 1 is 1.21 bits per heavy atom. The predicted octanol–water partition coefficient (Wildman–Crippen LogP) is 1.63. The fourth-order valence-corrected chi connectivity index (χ4v) is 0.911. The molecule has 0 heterocycles. The first-order valence-electron chi connectivity index (χ1n) is 5.48. The molecule has 0 fully saturated rings. The SMILES string of the molecule is CC.CC(C)CNCCCN(C)C.O.[HH]. The minimum Gasteiger partial charge on any atom is -0.412 e. The first kappa shape index (κ1) is 19.5. The summed E-state index contributed by atoms with van der Waals surface area (Å²) in [6.07, 6.45) is 1.25. The van der Waals surface area contributed by atoms with Crippen LogP contribution in [0.25, 0.3) is 0 Å². The van der Waals surface area contributed by atoms with E-state index in [4.69, 9.17) is 0 Å². The maximum absolute atomic E-state index is 3.41. The van der Waals surface area contributed by atoms with Gasteiger partial charge < -0.3 is 15.7 Å². The van der Waals surface area contributed by atoms with Crippen LogP contribution in [0.4, 0.5) is 0 Å². The van der Waals surface area contributed by atoms with E-state index in [1.165, 1.54) is 13.0 Å². The molecule has 3 heteroatoms. The number of nitrogens with one attached hydrogen (secondary N) is 1. The normalized spacial score (nSPS) is 9.43. The summed E-state index contributed by atoms with van der Waals surface area (Å²) in [6, 6.07) is 0. The van der Waals surface area contributed by atoms with Crippen LogP contribution in [0.3, 0.4) is 0 Å². The third-order valence-electron chi connectivity index (χ3n) is 1.51. The molecule has 0 aliphatic carbocycles. The van der Waals surface area contributed by atoms with Crippen molar-refractivity contribution >= 4 is 0 Å². The molecule has 92 valence electrons. The first-order chi connectivity index (χ1) is 6.13. The van der Waals surface area contributed by atoms with Gasteiger partial charge in [-0.1, -0.05) is 27.7 Å². The molecule has 0 radical (unpaired) electrons. The Morgan fingerprint density at radius 2 is 1.71 bits per heavy atom. The van der Waals surface area contributed by atoms with Gasteiger partial charge in [0, 0.05) is 1.43 Å². The Bertz CT molecular complexity index is 80.7. The van der Waals surface area contributed by atoms with Gasteiger partial charge in [-0.2, -0.15) is 0 Å². The highest BCUT2D eigenvalue weighted by Crippen LogP contribution is 1.87. The minimum absolute atomic E-state index is 0. The van der Waals surface area contributed by atoms with Crippen molar-refractivity contribution in [2.75, 3.05) is 33.7 Å². The maximum Gasteiger partial charge on any atom is 0 e. The molecule has 0 spiro atoms. The monoisotopic (exact) mass is 208 g/mol. The van der Waals surface area contributed by atoms with Gasteiger partial charge >= 0.3 is 0 Å². The summed E-state index contributed by atoms with van der Waals surface area (Å²) in [6.45, 7) is 12.0. The summed E-state index contributed by atoms with van der Waals surface area (Å²) >= 11 is 0. The third kappa shape index (κ3) is 22.6. The molecule has 0 aromatic heterocycles. The van der Waals surface area contributed by atoms with Gasteiger partial charge in [0.1, 0.15) is 0 Å². The van der Waals surface area contributed by atoms with Crippen molar-refractivity contribution in [2.24, 2.45) is 5.92 Å². The molecule has 0 unspecified atom stereocenters. The zero-order chi connectivity index (χ0) is 10.7. The minimum atomic E-state index is 0. The van der Waals surface area contributed by atoms with E-state index in [0.29, 0.717) is 0 Å². The molecule has 0 saturated heterocycles. The van der Waals surface area contributed by atoms with Gasteiger partial charge in [0.2, 0.25) is 0 Å². The topological polar surface area (TPSA) is 46.8 Å². The lowest BCUT2D eigenvalue weighted by molar-refractivity contribution is 0.391. The van der Waals surface area contributed by atoms with Gasteiger partial charge in [-0.25, -0.2) is 0 Å². The second-order valence-electron chi connectivity index (χ2n) is 3.75. The van der Waals surface area contributed by atoms with Crippen LogP contribution in [-0.2, 0) is 0 Å². The van der Waals surface area contributed by atoms with E-state index in [9.17, 15) is 0 Å². The lowest BCUT2D eigenvalue weighted by Crippen LogP contribution is -2.24. The number of hydrogen-bond donors (Lipinski definition) is 1. The average molecular weight is 208 g/mol. The standard InChI is InChI=1S/C9H22N2.C2H6.H2O.H2/c1-9(2)8-10-6-5-7-11(3)4;1-2;;/h9-10H,5-8H2,1-4H3;1-2H3;1H2;1H. The van der Waals surface area contributed by atoms with E-state index < -0.39 is 0 Å². The summed E-state index contributed by atoms with van der Waals surface area (Å²) in [7, 11) is 4.23. The molecule has 0 amide bonds. The summed E-state index contributed by atoms with van der Waals surface area (Å²) in [5, 5.41) is 3.41. The van der Waals surface area contributed by atoms with Gasteiger partial charge in [0.25, 0.3) is 0 Å². The Hall–Kier alpha value is -0.120. The van der Waals surface area contributed by atoms with Crippen LogP contribution in [0.2, 0.25) is 0 Å². The Morgan fingerprint density at radius 3 is 2.07 bits per heavy atom. The van der Waals surface area contributed by atoms with Gasteiger partial charge in [-0.05, 0) is 46.1 Å². The van der Waals surface area contributed by atoms with E-state index in [2.05, 4.69) is 38.2 Å². The molecule has 0 aromatic carbocycles. The molecule has 0 aromatic rings. The van der Waals surface area contributed by atoms with Crippen molar-refractivity contribution in [3.8, 4) is 0 Å². The highest BCUT2D eigenvalue weighted by Gasteiger charge is 1.92. The quantitative estimate of drug-likeness (QED) is 0.674. The molecular weight excluding hydrogens is 176 g/mol. The molecule has 0 atom stereocenters. The Kier molecular flexibility index (Phi) is 21.3. The van der Waals surface area contributed by atoms with Crippen LogP contribution in [0.15, 0.2) is 0 Å². The van der Waals surface area contributed by atoms with Gasteiger partial charge in [0.05, 0.1) is 0 Å². The second kappa shape index (κ2) is 15.4. The summed E-state index contributed by atoms with van der Waals surface area (Å²) in [4.78, 5) is 2.22. The average Bonchev–Trinajstić information content (AvgIpc) is 2.06. The van der Waals surface area contributed by atoms with E-state index >= 15 is 0 Å². The lowest BCUT2D eigenvalue weighted by Gasteiger charge is -2.10. The van der Waals surface area contributed by atoms with Crippen LogP contribution in [0.5, 0.6) is 0 Å². The predicted molar refractivity (Wildman–Crippen MR) is 68.0 cm³/mol. The van der Waals surface area contributed by atoms with Crippen molar-refractivity contribution in [3.63, 3.8) is 0 Å². The highest BCUT2D eigenvalue weighted by molar-refractivity contribution is 4.52. The van der Waals surface area contributed by atoms with Crippen molar-refractivity contribution in [2.45, 2.75) is 34.1 Å². The van der Waals surface area contributed by atoms with Gasteiger partial charge in [0.15, 0.2) is 0 Å². The third-order valence-corrected chi connectivity index (χ3v) is 1.51. The van der Waals surface area contributed by atoms with E-state index in [1.54, 1.807) is 0 Å². The summed E-state index contributed by atoms with van der Waals surface area (Å²) in [5.74, 6) is 0.773. The zero-order valence-electron chi connectivity index (χ0n) is 10.9. The van der Waals surface area contributed by atoms with Crippen LogP contribution in [0.1, 0.15) is 35.5 Å². The maximum atomic E-state index is 3.41. The number of hydrogen-bond acceptors (Lipinski definition) is 2. The second-order valence-corrected chi connectivity index (χ2v) is 3.75. The number of nitrogens with zero attached hydrogens (tertiary/aromatic N) is 1. The molecule has 0 aliphatic rings. The highest BCUT2D eigenvalue weighted by atomic mass is 16.0. The molecule has 0 saturated carbocycles. The first-order valence-corrected chi connectivity index (χ1v) is 5.48. The Balaban J connectivity index is -0.000000142. The fourth-order valence-electron chi connectivity index (χ4n) is 0.911. The summed E-state index contributed by atoms with van der Waals surface area (Å²) in [5.41, 5.74) is 0. The van der Waals surface area contributed by atoms with Crippen molar-refractivity contribution in [1.29, 1.82) is 0 Å². The molecule has 0 aliphatic heterocycles. The van der Waals surface area contributed by atoms with E-state index in [-0.39, 0.29) is 6.90 Å². The number of rotatable bonds is 6. The van der Waals surface area contributed by atoms with Crippen molar-refractivity contribution in [3.05, 3.63) is 0 Å². The van der Waals surface area contributed by atoms with Crippen molar-refractivity contribution in [1.82, 2.24) is 10.2 Å². The summed E-state index contributed by atoms with van der Waals surface area (Å²) < 4.78 is 0. The Labute approximate surface area is 91.7 Å². The smallest absolute Gasteiger partial charge is 0 e. The molecule has 0 bridgehead atoms. The molecular formula is C11H32N2O. The lowest BCUT2D eigenvalue weighted by atomic mass is 10.2. The molecule has 0 rings (SSSR count). The van der Waals surface area contributed by atoms with E-state index in [0.717, 1.165) is 19.0 Å². The van der Waals surface area contributed by atoms with Crippen LogP contribution >= 0.6 is 0 Å². The molecule has 3 nitrogen and oxygen atoms in total. The van der Waals surface area contributed by atoms with Crippen LogP contribution < -0.4 is 5.32 Å². The van der Waals surface area contributed by atoms with Gasteiger partial charge in [-0.15, -0.1) is 0 Å². The van der Waals surface area contributed by atoms with Gasteiger partial charge in [-0.3, -0.25) is 0 Å². The van der Waals surface area contributed by atoms with Crippen molar-refractivity contribution < 1.29 is 6.90 Å².